The molecular formula is C15H19FN2S. The molecule has 0 aliphatic carbocycles. The minimum Gasteiger partial charge on any atom is -0.312 e. The molecule has 4 heteroatoms. The van der Waals surface area contributed by atoms with Crippen LogP contribution in [0, 0.1) is 19.7 Å². The van der Waals surface area contributed by atoms with Crippen LogP contribution >= 0.6 is 11.3 Å². The van der Waals surface area contributed by atoms with Gasteiger partial charge in [-0.2, -0.15) is 0 Å². The maximum Gasteiger partial charge on any atom is 0.124 e. The van der Waals surface area contributed by atoms with E-state index in [-0.39, 0.29) is 5.82 Å². The molecule has 0 spiro atoms. The molecule has 1 N–H and O–H groups in total. The van der Waals surface area contributed by atoms with Gasteiger partial charge in [-0.3, -0.25) is 0 Å². The Labute approximate surface area is 117 Å². The Morgan fingerprint density at radius 1 is 1.32 bits per heavy atom. The average molecular weight is 278 g/mol. The lowest BCUT2D eigenvalue weighted by molar-refractivity contribution is 0.628. The van der Waals surface area contributed by atoms with Gasteiger partial charge in [-0.05, 0) is 44.5 Å². The van der Waals surface area contributed by atoms with Gasteiger partial charge in [0, 0.05) is 17.0 Å². The number of hydrogen-bond donors (Lipinski definition) is 1. The summed E-state index contributed by atoms with van der Waals surface area (Å²) in [5.74, 6) is -0.209. The van der Waals surface area contributed by atoms with Crippen LogP contribution in [0.25, 0.3) is 10.6 Å². The average Bonchev–Trinajstić information content (AvgIpc) is 2.74. The first-order chi connectivity index (χ1) is 9.11. The molecule has 0 saturated heterocycles. The second-order valence-corrected chi connectivity index (χ2v) is 5.75. The van der Waals surface area contributed by atoms with Gasteiger partial charge in [0.1, 0.15) is 10.8 Å². The van der Waals surface area contributed by atoms with E-state index in [1.807, 2.05) is 13.8 Å². The molecule has 0 unspecified atom stereocenters. The monoisotopic (exact) mass is 278 g/mol. The maximum absolute atomic E-state index is 13.4. The van der Waals surface area contributed by atoms with Gasteiger partial charge in [-0.25, -0.2) is 9.37 Å². The van der Waals surface area contributed by atoms with Crippen LogP contribution in [0.15, 0.2) is 18.2 Å². The van der Waals surface area contributed by atoms with E-state index in [0.717, 1.165) is 41.3 Å². The predicted molar refractivity (Wildman–Crippen MR) is 79.0 cm³/mol. The summed E-state index contributed by atoms with van der Waals surface area (Å²) in [6.45, 7) is 7.99. The zero-order chi connectivity index (χ0) is 13.8. The number of halogens is 1. The minimum atomic E-state index is -0.209. The first-order valence-electron chi connectivity index (χ1n) is 6.55. The standard InChI is InChI=1S/C15H19FN2S/c1-4-7-17-9-14-11(3)18-15(19-14)13-8-12(16)6-5-10(13)2/h5-6,8,17H,4,7,9H2,1-3H3. The highest BCUT2D eigenvalue weighted by atomic mass is 32.1. The summed E-state index contributed by atoms with van der Waals surface area (Å²) in [7, 11) is 0. The summed E-state index contributed by atoms with van der Waals surface area (Å²) in [6.07, 6.45) is 1.12. The molecule has 19 heavy (non-hydrogen) atoms. The lowest BCUT2D eigenvalue weighted by Crippen LogP contribution is -2.13. The van der Waals surface area contributed by atoms with Crippen molar-refractivity contribution in [2.75, 3.05) is 6.54 Å². The molecule has 1 aromatic heterocycles. The van der Waals surface area contributed by atoms with Crippen LogP contribution in [0.3, 0.4) is 0 Å². The molecule has 0 aliphatic rings. The normalized spacial score (nSPS) is 10.9. The molecule has 0 bridgehead atoms. The summed E-state index contributed by atoms with van der Waals surface area (Å²) >= 11 is 1.65. The van der Waals surface area contributed by atoms with E-state index in [4.69, 9.17) is 0 Å². The molecule has 2 aromatic rings. The van der Waals surface area contributed by atoms with Crippen molar-refractivity contribution in [1.82, 2.24) is 10.3 Å². The zero-order valence-electron chi connectivity index (χ0n) is 11.6. The van der Waals surface area contributed by atoms with E-state index in [1.54, 1.807) is 23.5 Å². The molecule has 0 aliphatic heterocycles. The SMILES string of the molecule is CCCNCc1sc(-c2cc(F)ccc2C)nc1C. The fourth-order valence-electron chi connectivity index (χ4n) is 1.91. The Morgan fingerprint density at radius 2 is 2.11 bits per heavy atom. The van der Waals surface area contributed by atoms with Gasteiger partial charge in [-0.15, -0.1) is 11.3 Å². The van der Waals surface area contributed by atoms with Crippen molar-refractivity contribution in [3.05, 3.63) is 40.2 Å². The summed E-state index contributed by atoms with van der Waals surface area (Å²) < 4.78 is 13.4. The number of aromatic nitrogens is 1. The molecular weight excluding hydrogens is 259 g/mol. The Hall–Kier alpha value is -1.26. The quantitative estimate of drug-likeness (QED) is 0.834. The number of hydrogen-bond acceptors (Lipinski definition) is 3. The van der Waals surface area contributed by atoms with E-state index < -0.39 is 0 Å². The van der Waals surface area contributed by atoms with Crippen molar-refractivity contribution in [3.63, 3.8) is 0 Å². The smallest absolute Gasteiger partial charge is 0.124 e. The van der Waals surface area contributed by atoms with Crippen molar-refractivity contribution in [2.24, 2.45) is 0 Å². The summed E-state index contributed by atoms with van der Waals surface area (Å²) in [6, 6.07) is 4.86. The first kappa shape index (κ1) is 14.2. The predicted octanol–water partition coefficient (Wildman–Crippen LogP) is 4.07. The van der Waals surface area contributed by atoms with Crippen LogP contribution in [0.5, 0.6) is 0 Å². The second kappa shape index (κ2) is 6.26. The van der Waals surface area contributed by atoms with Gasteiger partial charge >= 0.3 is 0 Å². The van der Waals surface area contributed by atoms with Gasteiger partial charge in [0.25, 0.3) is 0 Å². The van der Waals surface area contributed by atoms with Crippen LogP contribution in [0.4, 0.5) is 4.39 Å². The van der Waals surface area contributed by atoms with Crippen LogP contribution in [0.1, 0.15) is 29.5 Å². The molecule has 0 radical (unpaired) electrons. The highest BCUT2D eigenvalue weighted by Gasteiger charge is 2.11. The van der Waals surface area contributed by atoms with E-state index in [2.05, 4.69) is 17.2 Å². The lowest BCUT2D eigenvalue weighted by Gasteiger charge is -2.02. The third-order valence-electron chi connectivity index (χ3n) is 3.04. The fraction of sp³-hybridized carbons (Fsp3) is 0.400. The van der Waals surface area contributed by atoms with Gasteiger partial charge in [0.05, 0.1) is 5.69 Å². The number of nitrogens with zero attached hydrogens (tertiary/aromatic N) is 1. The van der Waals surface area contributed by atoms with E-state index >= 15 is 0 Å². The fourth-order valence-corrected chi connectivity index (χ4v) is 3.02. The summed E-state index contributed by atoms with van der Waals surface area (Å²) in [5, 5.41) is 4.28. The molecule has 1 heterocycles. The van der Waals surface area contributed by atoms with Crippen molar-refractivity contribution in [1.29, 1.82) is 0 Å². The van der Waals surface area contributed by atoms with E-state index in [0.29, 0.717) is 0 Å². The van der Waals surface area contributed by atoms with E-state index in [1.165, 1.54) is 10.9 Å². The number of aryl methyl sites for hydroxylation is 2. The van der Waals surface area contributed by atoms with Crippen molar-refractivity contribution in [3.8, 4) is 10.6 Å². The van der Waals surface area contributed by atoms with Gasteiger partial charge < -0.3 is 5.32 Å². The lowest BCUT2D eigenvalue weighted by atomic mass is 10.1. The number of benzene rings is 1. The van der Waals surface area contributed by atoms with Crippen molar-refractivity contribution >= 4 is 11.3 Å². The van der Waals surface area contributed by atoms with Crippen molar-refractivity contribution in [2.45, 2.75) is 33.7 Å². The highest BCUT2D eigenvalue weighted by molar-refractivity contribution is 7.15. The Morgan fingerprint density at radius 3 is 2.84 bits per heavy atom. The summed E-state index contributed by atoms with van der Waals surface area (Å²) in [4.78, 5) is 5.80. The Kier molecular flexibility index (Phi) is 4.66. The second-order valence-electron chi connectivity index (χ2n) is 4.66. The van der Waals surface area contributed by atoms with Crippen LogP contribution in [0.2, 0.25) is 0 Å². The minimum absolute atomic E-state index is 0.209. The molecule has 0 fully saturated rings. The molecule has 1 aromatic carbocycles. The topological polar surface area (TPSA) is 24.9 Å². The Bertz CT molecular complexity index is 563. The molecule has 0 saturated carbocycles. The van der Waals surface area contributed by atoms with Gasteiger partial charge in [0.2, 0.25) is 0 Å². The third-order valence-corrected chi connectivity index (χ3v) is 4.23. The molecule has 2 nitrogen and oxygen atoms in total. The molecule has 102 valence electrons. The molecule has 2 rings (SSSR count). The number of rotatable bonds is 5. The maximum atomic E-state index is 13.4. The summed E-state index contributed by atoms with van der Waals surface area (Å²) in [5.41, 5.74) is 2.99. The van der Waals surface area contributed by atoms with E-state index in [9.17, 15) is 4.39 Å². The highest BCUT2D eigenvalue weighted by Crippen LogP contribution is 2.30. The first-order valence-corrected chi connectivity index (χ1v) is 7.37. The van der Waals surface area contributed by atoms with Crippen LogP contribution in [-0.4, -0.2) is 11.5 Å². The number of thiazole rings is 1. The van der Waals surface area contributed by atoms with Gasteiger partial charge in [0.15, 0.2) is 0 Å². The molecule has 0 atom stereocenters. The third kappa shape index (κ3) is 3.39. The number of nitrogens with one attached hydrogen (secondary N) is 1. The largest absolute Gasteiger partial charge is 0.312 e. The van der Waals surface area contributed by atoms with Crippen molar-refractivity contribution < 1.29 is 4.39 Å². The van der Waals surface area contributed by atoms with Crippen LogP contribution in [-0.2, 0) is 6.54 Å². The molecule has 0 amide bonds. The van der Waals surface area contributed by atoms with Gasteiger partial charge in [-0.1, -0.05) is 13.0 Å². The zero-order valence-corrected chi connectivity index (χ0v) is 12.4. The Balaban J connectivity index is 2.26. The van der Waals surface area contributed by atoms with Crippen LogP contribution < -0.4 is 5.32 Å².